The molecule has 0 aliphatic carbocycles. The zero-order valence-corrected chi connectivity index (χ0v) is 14.5. The van der Waals surface area contributed by atoms with Crippen LogP contribution in [0, 0.1) is 13.8 Å². The quantitative estimate of drug-likeness (QED) is 0.918. The number of aromatic nitrogens is 2. The van der Waals surface area contributed by atoms with E-state index in [1.165, 1.54) is 21.3 Å². The Hall–Kier alpha value is -1.13. The Morgan fingerprint density at radius 1 is 1.24 bits per heavy atom. The molecule has 0 radical (unpaired) electrons. The van der Waals surface area contributed by atoms with Crippen LogP contribution >= 0.6 is 15.9 Å². The minimum Gasteiger partial charge on any atom is -0.315 e. The summed E-state index contributed by atoms with van der Waals surface area (Å²) in [5.74, 6) is 0. The molecule has 1 aliphatic heterocycles. The molecule has 1 aromatic heterocycles. The molecule has 2 heterocycles. The summed E-state index contributed by atoms with van der Waals surface area (Å²) >= 11 is 3.73. The summed E-state index contributed by atoms with van der Waals surface area (Å²) in [6, 6.07) is 8.99. The van der Waals surface area contributed by atoms with E-state index in [1.54, 1.807) is 0 Å². The summed E-state index contributed by atoms with van der Waals surface area (Å²) in [5.41, 5.74) is 5.35. The van der Waals surface area contributed by atoms with Gasteiger partial charge in [0.1, 0.15) is 0 Å². The molecule has 4 heteroatoms. The van der Waals surface area contributed by atoms with Crippen molar-refractivity contribution in [3.63, 3.8) is 0 Å². The second kappa shape index (κ2) is 5.58. The van der Waals surface area contributed by atoms with E-state index in [2.05, 4.69) is 76.1 Å². The molecule has 0 spiro atoms. The molecule has 1 N–H and O–H groups in total. The number of halogens is 1. The SMILES string of the molecule is CCn1nc(C)c(Br)c1CC1(c2ccc(C)cc2)CNC1. The third-order valence-corrected chi connectivity index (χ3v) is 5.58. The Bertz CT molecular complexity index is 639. The van der Waals surface area contributed by atoms with Crippen LogP contribution in [0.15, 0.2) is 28.7 Å². The highest BCUT2D eigenvalue weighted by Crippen LogP contribution is 2.35. The predicted molar refractivity (Wildman–Crippen MR) is 89.8 cm³/mol. The van der Waals surface area contributed by atoms with Crippen LogP contribution in [0.3, 0.4) is 0 Å². The van der Waals surface area contributed by atoms with E-state index >= 15 is 0 Å². The van der Waals surface area contributed by atoms with Gasteiger partial charge in [-0.1, -0.05) is 29.8 Å². The van der Waals surface area contributed by atoms with Gasteiger partial charge in [0.25, 0.3) is 0 Å². The first kappa shape index (κ1) is 14.8. The van der Waals surface area contributed by atoms with Gasteiger partial charge in [0.15, 0.2) is 0 Å². The lowest BCUT2D eigenvalue weighted by molar-refractivity contribution is 0.268. The molecule has 0 bridgehead atoms. The number of rotatable bonds is 4. The van der Waals surface area contributed by atoms with Crippen LogP contribution < -0.4 is 5.32 Å². The summed E-state index contributed by atoms with van der Waals surface area (Å²) in [6.45, 7) is 9.35. The molecule has 3 rings (SSSR count). The maximum absolute atomic E-state index is 4.63. The van der Waals surface area contributed by atoms with Gasteiger partial charge in [0.2, 0.25) is 0 Å². The van der Waals surface area contributed by atoms with E-state index in [4.69, 9.17) is 0 Å². The van der Waals surface area contributed by atoms with Crippen molar-refractivity contribution in [1.29, 1.82) is 0 Å². The van der Waals surface area contributed by atoms with Gasteiger partial charge in [0, 0.05) is 31.5 Å². The van der Waals surface area contributed by atoms with Crippen LogP contribution in [0.1, 0.15) is 29.4 Å². The van der Waals surface area contributed by atoms with Crippen molar-refractivity contribution in [2.45, 2.75) is 39.2 Å². The van der Waals surface area contributed by atoms with Crippen molar-refractivity contribution < 1.29 is 0 Å². The first-order valence-corrected chi connectivity index (χ1v) is 8.35. The molecule has 112 valence electrons. The van der Waals surface area contributed by atoms with Crippen molar-refractivity contribution in [2.75, 3.05) is 13.1 Å². The van der Waals surface area contributed by atoms with Crippen LogP contribution in [0.4, 0.5) is 0 Å². The minimum atomic E-state index is 0.204. The third-order valence-electron chi connectivity index (χ3n) is 4.55. The normalized spacial score (nSPS) is 16.8. The summed E-state index contributed by atoms with van der Waals surface area (Å²) < 4.78 is 3.30. The highest BCUT2D eigenvalue weighted by atomic mass is 79.9. The highest BCUT2D eigenvalue weighted by molar-refractivity contribution is 9.10. The lowest BCUT2D eigenvalue weighted by atomic mass is 9.71. The topological polar surface area (TPSA) is 29.9 Å². The van der Waals surface area contributed by atoms with Gasteiger partial charge in [-0.15, -0.1) is 0 Å². The number of hydrogen-bond acceptors (Lipinski definition) is 2. The molecular formula is C17H22BrN3. The number of nitrogens with one attached hydrogen (secondary N) is 1. The van der Waals surface area contributed by atoms with Crippen molar-refractivity contribution >= 4 is 15.9 Å². The van der Waals surface area contributed by atoms with Crippen LogP contribution in [0.2, 0.25) is 0 Å². The largest absolute Gasteiger partial charge is 0.315 e. The number of benzene rings is 1. The molecule has 0 saturated carbocycles. The maximum atomic E-state index is 4.63. The van der Waals surface area contributed by atoms with Crippen LogP contribution in [-0.4, -0.2) is 22.9 Å². The van der Waals surface area contributed by atoms with E-state index in [0.717, 1.165) is 31.7 Å². The Kier molecular flexibility index (Phi) is 3.93. The van der Waals surface area contributed by atoms with Crippen molar-refractivity contribution in [2.24, 2.45) is 0 Å². The molecule has 1 saturated heterocycles. The highest BCUT2D eigenvalue weighted by Gasteiger charge is 2.40. The molecule has 0 unspecified atom stereocenters. The molecule has 3 nitrogen and oxygen atoms in total. The van der Waals surface area contributed by atoms with E-state index in [-0.39, 0.29) is 5.41 Å². The summed E-state index contributed by atoms with van der Waals surface area (Å²) in [6.07, 6.45) is 1.03. The molecule has 0 amide bonds. The van der Waals surface area contributed by atoms with Crippen molar-refractivity contribution in [1.82, 2.24) is 15.1 Å². The number of nitrogens with zero attached hydrogens (tertiary/aromatic N) is 2. The zero-order valence-electron chi connectivity index (χ0n) is 12.9. The van der Waals surface area contributed by atoms with Crippen LogP contribution in [0.5, 0.6) is 0 Å². The second-order valence-electron chi connectivity index (χ2n) is 6.09. The van der Waals surface area contributed by atoms with E-state index in [0.29, 0.717) is 0 Å². The Morgan fingerprint density at radius 2 is 1.90 bits per heavy atom. The molecule has 21 heavy (non-hydrogen) atoms. The molecule has 1 aliphatic rings. The van der Waals surface area contributed by atoms with Crippen molar-refractivity contribution in [3.05, 3.63) is 51.3 Å². The third kappa shape index (κ3) is 2.55. The smallest absolute Gasteiger partial charge is 0.0738 e. The summed E-state index contributed by atoms with van der Waals surface area (Å²) in [7, 11) is 0. The molecule has 1 aromatic carbocycles. The van der Waals surface area contributed by atoms with Crippen LogP contribution in [-0.2, 0) is 18.4 Å². The summed E-state index contributed by atoms with van der Waals surface area (Å²) in [4.78, 5) is 0. The van der Waals surface area contributed by atoms with Gasteiger partial charge in [0.05, 0.1) is 15.9 Å². The monoisotopic (exact) mass is 347 g/mol. The van der Waals surface area contributed by atoms with E-state index < -0.39 is 0 Å². The van der Waals surface area contributed by atoms with Gasteiger partial charge >= 0.3 is 0 Å². The Labute approximate surface area is 134 Å². The Balaban J connectivity index is 1.96. The minimum absolute atomic E-state index is 0.204. The molecule has 2 aromatic rings. The first-order valence-electron chi connectivity index (χ1n) is 7.55. The molecule has 1 fully saturated rings. The van der Waals surface area contributed by atoms with Gasteiger partial charge in [-0.2, -0.15) is 5.10 Å². The van der Waals surface area contributed by atoms with Gasteiger partial charge in [-0.05, 0) is 42.3 Å². The van der Waals surface area contributed by atoms with Crippen LogP contribution in [0.25, 0.3) is 0 Å². The lowest BCUT2D eigenvalue weighted by Gasteiger charge is -2.43. The second-order valence-corrected chi connectivity index (χ2v) is 6.88. The van der Waals surface area contributed by atoms with E-state index in [9.17, 15) is 0 Å². The van der Waals surface area contributed by atoms with E-state index in [1.807, 2.05) is 0 Å². The summed E-state index contributed by atoms with van der Waals surface area (Å²) in [5, 5.41) is 8.08. The average molecular weight is 348 g/mol. The molecule has 0 atom stereocenters. The average Bonchev–Trinajstić information content (AvgIpc) is 2.71. The Morgan fingerprint density at radius 3 is 2.43 bits per heavy atom. The maximum Gasteiger partial charge on any atom is 0.0738 e. The number of aryl methyl sites for hydroxylation is 3. The van der Waals surface area contributed by atoms with Gasteiger partial charge in [-0.3, -0.25) is 4.68 Å². The zero-order chi connectivity index (χ0) is 15.0. The fourth-order valence-corrected chi connectivity index (χ4v) is 3.55. The number of hydrogen-bond donors (Lipinski definition) is 1. The molecular weight excluding hydrogens is 326 g/mol. The predicted octanol–water partition coefficient (Wildman–Crippen LogP) is 3.37. The lowest BCUT2D eigenvalue weighted by Crippen LogP contribution is -2.58. The first-order chi connectivity index (χ1) is 10.1. The van der Waals surface area contributed by atoms with Gasteiger partial charge < -0.3 is 5.32 Å². The van der Waals surface area contributed by atoms with Gasteiger partial charge in [-0.25, -0.2) is 0 Å². The van der Waals surface area contributed by atoms with Crippen molar-refractivity contribution in [3.8, 4) is 0 Å². The standard InChI is InChI=1S/C17H22BrN3/c1-4-21-15(16(18)13(3)20-21)9-17(10-19-11-17)14-7-5-12(2)6-8-14/h5-8,19H,4,9-11H2,1-3H3. The fraction of sp³-hybridized carbons (Fsp3) is 0.471. The fourth-order valence-electron chi connectivity index (χ4n) is 3.12.